The first kappa shape index (κ1) is 16.4. The lowest BCUT2D eigenvalue weighted by Crippen LogP contribution is -2.24. The van der Waals surface area contributed by atoms with Gasteiger partial charge in [-0.2, -0.15) is 4.98 Å². The van der Waals surface area contributed by atoms with Crippen LogP contribution in [-0.2, 0) is 4.79 Å². The number of hydrogen-bond donors (Lipinski definition) is 0. The van der Waals surface area contributed by atoms with Crippen LogP contribution in [0.2, 0.25) is 0 Å². The van der Waals surface area contributed by atoms with Gasteiger partial charge in [0.1, 0.15) is 5.82 Å². The average Bonchev–Trinajstić information content (AvgIpc) is 3.25. The predicted octanol–water partition coefficient (Wildman–Crippen LogP) is 4.01. The first-order chi connectivity index (χ1) is 12.5. The Morgan fingerprint density at radius 1 is 1.15 bits per heavy atom. The van der Waals surface area contributed by atoms with Gasteiger partial charge in [0, 0.05) is 30.1 Å². The van der Waals surface area contributed by atoms with E-state index in [2.05, 4.69) is 10.1 Å². The Morgan fingerprint density at radius 2 is 1.92 bits per heavy atom. The fourth-order valence-electron chi connectivity index (χ4n) is 3.09. The maximum absolute atomic E-state index is 13.8. The van der Waals surface area contributed by atoms with E-state index in [4.69, 9.17) is 4.52 Å². The van der Waals surface area contributed by atoms with E-state index in [0.717, 1.165) is 11.1 Å². The first-order valence-corrected chi connectivity index (χ1v) is 8.48. The Balaban J connectivity index is 1.55. The van der Waals surface area contributed by atoms with Crippen LogP contribution in [0.25, 0.3) is 11.5 Å². The standard InChI is InChI=1S/C20H18FN3O2/c1-12-3-6-14(7-4-12)20-22-19(23-26-20)15-9-18(25)24(11-15)16-8-5-13(2)17(21)10-16/h3-8,10,15H,9,11H2,1-2H3. The summed E-state index contributed by atoms with van der Waals surface area (Å²) in [5.41, 5.74) is 3.10. The molecule has 1 aromatic heterocycles. The van der Waals surface area contributed by atoms with Crippen molar-refractivity contribution in [3.05, 3.63) is 65.2 Å². The fourth-order valence-corrected chi connectivity index (χ4v) is 3.09. The normalized spacial score (nSPS) is 17.1. The van der Waals surface area contributed by atoms with Crippen molar-refractivity contribution in [3.63, 3.8) is 0 Å². The van der Waals surface area contributed by atoms with E-state index < -0.39 is 0 Å². The molecule has 5 nitrogen and oxygen atoms in total. The molecule has 1 aliphatic rings. The summed E-state index contributed by atoms with van der Waals surface area (Å²) < 4.78 is 19.2. The van der Waals surface area contributed by atoms with Gasteiger partial charge in [-0.1, -0.05) is 28.9 Å². The van der Waals surface area contributed by atoms with Crippen molar-refractivity contribution < 1.29 is 13.7 Å². The highest BCUT2D eigenvalue weighted by molar-refractivity contribution is 5.96. The molecule has 6 heteroatoms. The van der Waals surface area contributed by atoms with Gasteiger partial charge in [0.15, 0.2) is 5.82 Å². The number of rotatable bonds is 3. The molecule has 1 saturated heterocycles. The molecule has 26 heavy (non-hydrogen) atoms. The third kappa shape index (κ3) is 2.98. The van der Waals surface area contributed by atoms with Crippen LogP contribution in [0.5, 0.6) is 0 Å². The molecule has 1 unspecified atom stereocenters. The number of halogens is 1. The second-order valence-electron chi connectivity index (χ2n) is 6.66. The molecule has 0 spiro atoms. The highest BCUT2D eigenvalue weighted by Crippen LogP contribution is 2.32. The molecule has 1 aliphatic heterocycles. The summed E-state index contributed by atoms with van der Waals surface area (Å²) in [6, 6.07) is 12.6. The van der Waals surface area contributed by atoms with Crippen molar-refractivity contribution in [3.8, 4) is 11.5 Å². The van der Waals surface area contributed by atoms with Crippen LogP contribution in [0.1, 0.15) is 29.3 Å². The van der Waals surface area contributed by atoms with Gasteiger partial charge in [0.05, 0.1) is 0 Å². The zero-order valence-electron chi connectivity index (χ0n) is 14.6. The second-order valence-corrected chi connectivity index (χ2v) is 6.66. The Labute approximate surface area is 150 Å². The molecule has 2 heterocycles. The van der Waals surface area contributed by atoms with Gasteiger partial charge >= 0.3 is 0 Å². The molecule has 0 N–H and O–H groups in total. The van der Waals surface area contributed by atoms with E-state index in [1.807, 2.05) is 31.2 Å². The summed E-state index contributed by atoms with van der Waals surface area (Å²) in [5, 5.41) is 4.05. The molecule has 3 aromatic rings. The van der Waals surface area contributed by atoms with Crippen LogP contribution >= 0.6 is 0 Å². The minimum absolute atomic E-state index is 0.0695. The maximum atomic E-state index is 13.8. The molecule has 1 amide bonds. The molecule has 4 rings (SSSR count). The first-order valence-electron chi connectivity index (χ1n) is 8.48. The second kappa shape index (κ2) is 6.37. The number of anilines is 1. The Kier molecular flexibility index (Phi) is 4.03. The third-order valence-corrected chi connectivity index (χ3v) is 4.70. The summed E-state index contributed by atoms with van der Waals surface area (Å²) >= 11 is 0. The molecule has 0 aliphatic carbocycles. The number of carbonyl (C=O) groups is 1. The van der Waals surface area contributed by atoms with Crippen molar-refractivity contribution in [2.24, 2.45) is 0 Å². The van der Waals surface area contributed by atoms with E-state index in [1.165, 1.54) is 6.07 Å². The number of amides is 1. The number of benzene rings is 2. The van der Waals surface area contributed by atoms with Crippen molar-refractivity contribution in [1.82, 2.24) is 10.1 Å². The molecular formula is C20H18FN3O2. The highest BCUT2D eigenvalue weighted by atomic mass is 19.1. The summed E-state index contributed by atoms with van der Waals surface area (Å²) in [4.78, 5) is 18.4. The topological polar surface area (TPSA) is 59.2 Å². The van der Waals surface area contributed by atoms with Gasteiger partial charge in [-0.05, 0) is 43.7 Å². The Bertz CT molecular complexity index is 965. The lowest BCUT2D eigenvalue weighted by molar-refractivity contribution is -0.117. The van der Waals surface area contributed by atoms with Crippen LogP contribution in [0.4, 0.5) is 10.1 Å². The largest absolute Gasteiger partial charge is 0.334 e. The summed E-state index contributed by atoms with van der Waals surface area (Å²) in [6.07, 6.45) is 0.280. The lowest BCUT2D eigenvalue weighted by atomic mass is 10.1. The summed E-state index contributed by atoms with van der Waals surface area (Å²) in [5.74, 6) is 0.381. The minimum Gasteiger partial charge on any atom is -0.334 e. The smallest absolute Gasteiger partial charge is 0.257 e. The number of aromatic nitrogens is 2. The molecule has 1 atom stereocenters. The van der Waals surface area contributed by atoms with Crippen LogP contribution < -0.4 is 4.90 Å². The zero-order valence-corrected chi connectivity index (χ0v) is 14.6. The van der Waals surface area contributed by atoms with Crippen LogP contribution in [-0.4, -0.2) is 22.6 Å². The van der Waals surface area contributed by atoms with Crippen molar-refractivity contribution in [2.45, 2.75) is 26.2 Å². The Hall–Kier alpha value is -3.02. The SMILES string of the molecule is Cc1ccc(-c2nc(C3CC(=O)N(c4ccc(C)c(F)c4)C3)no2)cc1. The van der Waals surface area contributed by atoms with Gasteiger partial charge in [0.2, 0.25) is 5.91 Å². The fraction of sp³-hybridized carbons (Fsp3) is 0.250. The van der Waals surface area contributed by atoms with Crippen molar-refractivity contribution in [1.29, 1.82) is 0 Å². The number of aryl methyl sites for hydroxylation is 2. The van der Waals surface area contributed by atoms with E-state index in [-0.39, 0.29) is 24.1 Å². The predicted molar refractivity (Wildman–Crippen MR) is 95.3 cm³/mol. The molecule has 0 saturated carbocycles. The van der Waals surface area contributed by atoms with Gasteiger partial charge in [0.25, 0.3) is 5.89 Å². The molecule has 2 aromatic carbocycles. The van der Waals surface area contributed by atoms with E-state index in [1.54, 1.807) is 24.0 Å². The van der Waals surface area contributed by atoms with Crippen LogP contribution in [0.3, 0.4) is 0 Å². The van der Waals surface area contributed by atoms with E-state index >= 15 is 0 Å². The van der Waals surface area contributed by atoms with Crippen molar-refractivity contribution >= 4 is 11.6 Å². The zero-order chi connectivity index (χ0) is 18.3. The quantitative estimate of drug-likeness (QED) is 0.715. The Morgan fingerprint density at radius 3 is 2.65 bits per heavy atom. The summed E-state index contributed by atoms with van der Waals surface area (Å²) in [6.45, 7) is 4.11. The number of nitrogens with zero attached hydrogens (tertiary/aromatic N) is 3. The molecule has 132 valence electrons. The molecule has 0 radical (unpaired) electrons. The number of carbonyl (C=O) groups excluding carboxylic acids is 1. The van der Waals surface area contributed by atoms with E-state index in [0.29, 0.717) is 29.5 Å². The highest BCUT2D eigenvalue weighted by Gasteiger charge is 2.34. The van der Waals surface area contributed by atoms with Crippen LogP contribution in [0.15, 0.2) is 47.0 Å². The van der Waals surface area contributed by atoms with Crippen molar-refractivity contribution in [2.75, 3.05) is 11.4 Å². The molecule has 1 fully saturated rings. The third-order valence-electron chi connectivity index (χ3n) is 4.70. The minimum atomic E-state index is -0.319. The monoisotopic (exact) mass is 351 g/mol. The number of hydrogen-bond acceptors (Lipinski definition) is 4. The van der Waals surface area contributed by atoms with Crippen LogP contribution in [0, 0.1) is 19.7 Å². The maximum Gasteiger partial charge on any atom is 0.257 e. The van der Waals surface area contributed by atoms with Gasteiger partial charge < -0.3 is 9.42 Å². The summed E-state index contributed by atoms with van der Waals surface area (Å²) in [7, 11) is 0. The average molecular weight is 351 g/mol. The molecule has 0 bridgehead atoms. The van der Waals surface area contributed by atoms with E-state index in [9.17, 15) is 9.18 Å². The van der Waals surface area contributed by atoms with Gasteiger partial charge in [-0.25, -0.2) is 4.39 Å². The molecular weight excluding hydrogens is 333 g/mol. The van der Waals surface area contributed by atoms with Gasteiger partial charge in [-0.3, -0.25) is 4.79 Å². The van der Waals surface area contributed by atoms with Gasteiger partial charge in [-0.15, -0.1) is 0 Å². The lowest BCUT2D eigenvalue weighted by Gasteiger charge is -2.16.